The van der Waals surface area contributed by atoms with Crippen molar-refractivity contribution in [1.29, 1.82) is 0 Å². The van der Waals surface area contributed by atoms with Crippen molar-refractivity contribution in [1.82, 2.24) is 0 Å². The lowest BCUT2D eigenvalue weighted by Gasteiger charge is -2.30. The smallest absolute Gasteiger partial charge is 0.172 e. The Bertz CT molecular complexity index is 964. The lowest BCUT2D eigenvalue weighted by atomic mass is 10.2. The van der Waals surface area contributed by atoms with Gasteiger partial charge in [-0.2, -0.15) is 0 Å². The predicted octanol–water partition coefficient (Wildman–Crippen LogP) is 4.86. The Labute approximate surface area is 186 Å². The number of hydrogen-bond acceptors (Lipinski definition) is 1. The fourth-order valence-corrected chi connectivity index (χ4v) is 8.32. The van der Waals surface area contributed by atoms with E-state index < -0.39 is 8.07 Å². The van der Waals surface area contributed by atoms with Crippen molar-refractivity contribution in [2.45, 2.75) is 13.0 Å². The van der Waals surface area contributed by atoms with Gasteiger partial charge in [0.25, 0.3) is 0 Å². The second kappa shape index (κ2) is 10.7. The molecule has 0 saturated heterocycles. The van der Waals surface area contributed by atoms with E-state index in [2.05, 4.69) is 127 Å². The van der Waals surface area contributed by atoms with E-state index >= 15 is 0 Å². The topological polar surface area (TPSA) is 9.23 Å². The summed E-state index contributed by atoms with van der Waals surface area (Å²) in [6, 6.07) is 43.2. The summed E-state index contributed by atoms with van der Waals surface area (Å²) in [4.78, 5) is 0. The first-order chi connectivity index (χ1) is 15.4. The molecule has 0 atom stereocenters. The molecule has 4 rings (SSSR count). The van der Waals surface area contributed by atoms with Gasteiger partial charge in [0, 0.05) is 0 Å². The average Bonchev–Trinajstić information content (AvgIpc) is 2.86. The highest BCUT2D eigenvalue weighted by atomic mass is 28.3. The van der Waals surface area contributed by atoms with E-state index in [1.165, 1.54) is 21.1 Å². The summed E-state index contributed by atoms with van der Waals surface area (Å²) in [5.74, 6) is 0. The van der Waals surface area contributed by atoms with Crippen LogP contribution in [0.25, 0.3) is 0 Å². The molecule has 0 bridgehead atoms. The summed E-state index contributed by atoms with van der Waals surface area (Å²) in [6.07, 6.45) is 3.22. The summed E-state index contributed by atoms with van der Waals surface area (Å²) < 4.78 is 5.92. The first-order valence-electron chi connectivity index (χ1n) is 10.9. The van der Waals surface area contributed by atoms with Crippen LogP contribution in [0.1, 0.15) is 12.0 Å². The standard InChI is InChI=1S/C29H28OSi/c1-5-15-26(16-6-1)25-30-23-13-14-24-31(27-17-7-2-8-18-27,28-19-9-3-10-20-28)29-21-11-4-12-22-29/h1-12,14-22,24H,13,23,25H2/b24-14-. The summed E-state index contributed by atoms with van der Waals surface area (Å²) >= 11 is 0. The molecule has 2 heteroatoms. The number of rotatable bonds is 9. The van der Waals surface area contributed by atoms with Crippen LogP contribution >= 0.6 is 0 Å². The third kappa shape index (κ3) is 5.11. The first kappa shape index (κ1) is 21.0. The minimum absolute atomic E-state index is 0.660. The second-order valence-corrected chi connectivity index (χ2v) is 11.3. The van der Waals surface area contributed by atoms with Gasteiger partial charge < -0.3 is 4.74 Å². The van der Waals surface area contributed by atoms with Crippen LogP contribution in [0.15, 0.2) is 133 Å². The number of benzene rings is 4. The molecule has 0 fully saturated rings. The van der Waals surface area contributed by atoms with E-state index in [1.807, 2.05) is 6.07 Å². The Kier molecular flexibility index (Phi) is 7.27. The van der Waals surface area contributed by atoms with Gasteiger partial charge in [-0.25, -0.2) is 0 Å². The van der Waals surface area contributed by atoms with Crippen LogP contribution in [0.3, 0.4) is 0 Å². The van der Waals surface area contributed by atoms with E-state index in [0.717, 1.165) is 6.42 Å². The van der Waals surface area contributed by atoms with Crippen molar-refractivity contribution in [2.24, 2.45) is 0 Å². The summed E-state index contributed by atoms with van der Waals surface area (Å²) in [6.45, 7) is 1.38. The van der Waals surface area contributed by atoms with Crippen LogP contribution < -0.4 is 15.6 Å². The molecule has 0 spiro atoms. The molecule has 0 unspecified atom stereocenters. The maximum absolute atomic E-state index is 5.92. The molecule has 4 aromatic carbocycles. The molecule has 0 radical (unpaired) electrons. The second-order valence-electron chi connectivity index (χ2n) is 7.64. The van der Waals surface area contributed by atoms with Gasteiger partial charge in [0.2, 0.25) is 0 Å². The fourth-order valence-electron chi connectivity index (χ4n) is 4.07. The molecule has 0 saturated carbocycles. The SMILES string of the molecule is C(=C/[Si](c1ccccc1)(c1ccccc1)c1ccccc1)/CCOCc1ccccc1. The molecule has 0 N–H and O–H groups in total. The average molecular weight is 421 g/mol. The molecule has 154 valence electrons. The monoisotopic (exact) mass is 420 g/mol. The van der Waals surface area contributed by atoms with Gasteiger partial charge in [-0.3, -0.25) is 0 Å². The summed E-state index contributed by atoms with van der Waals surface area (Å²) in [5, 5.41) is 4.19. The Balaban J connectivity index is 1.61. The van der Waals surface area contributed by atoms with Crippen LogP contribution in [0.5, 0.6) is 0 Å². The molecule has 1 nitrogen and oxygen atoms in total. The van der Waals surface area contributed by atoms with Gasteiger partial charge in [0.1, 0.15) is 0 Å². The number of hydrogen-bond donors (Lipinski definition) is 0. The normalized spacial score (nSPS) is 11.6. The Morgan fingerprint density at radius 1 is 0.548 bits per heavy atom. The Morgan fingerprint density at radius 2 is 0.968 bits per heavy atom. The van der Waals surface area contributed by atoms with Crippen molar-refractivity contribution < 1.29 is 4.74 Å². The summed E-state index contributed by atoms with van der Waals surface area (Å²) in [7, 11) is -2.28. The quantitative estimate of drug-likeness (QED) is 0.213. The maximum Gasteiger partial charge on any atom is 0.172 e. The highest BCUT2D eigenvalue weighted by Crippen LogP contribution is 2.10. The maximum atomic E-state index is 5.92. The van der Waals surface area contributed by atoms with Crippen molar-refractivity contribution in [3.8, 4) is 0 Å². The molecule has 0 aliphatic rings. The molecule has 0 aliphatic heterocycles. The van der Waals surface area contributed by atoms with Crippen molar-refractivity contribution in [3.63, 3.8) is 0 Å². The molecule has 0 amide bonds. The van der Waals surface area contributed by atoms with Crippen LogP contribution in [0.4, 0.5) is 0 Å². The van der Waals surface area contributed by atoms with Crippen molar-refractivity contribution in [3.05, 3.63) is 139 Å². The third-order valence-corrected chi connectivity index (χ3v) is 10.1. The molecular weight excluding hydrogens is 392 g/mol. The Hall–Kier alpha value is -3.20. The Morgan fingerprint density at radius 3 is 1.42 bits per heavy atom. The van der Waals surface area contributed by atoms with E-state index in [0.29, 0.717) is 13.2 Å². The largest absolute Gasteiger partial charge is 0.376 e. The van der Waals surface area contributed by atoms with Crippen LogP contribution in [0.2, 0.25) is 0 Å². The fraction of sp³-hybridized carbons (Fsp3) is 0.103. The van der Waals surface area contributed by atoms with Crippen LogP contribution in [-0.2, 0) is 11.3 Å². The molecule has 0 aliphatic carbocycles. The van der Waals surface area contributed by atoms with E-state index in [4.69, 9.17) is 4.74 Å². The van der Waals surface area contributed by atoms with Crippen LogP contribution in [0, 0.1) is 0 Å². The molecule has 0 aromatic heterocycles. The molecule has 31 heavy (non-hydrogen) atoms. The minimum atomic E-state index is -2.28. The zero-order chi connectivity index (χ0) is 21.2. The highest BCUT2D eigenvalue weighted by molar-refractivity contribution is 7.14. The van der Waals surface area contributed by atoms with Gasteiger partial charge >= 0.3 is 0 Å². The predicted molar refractivity (Wildman–Crippen MR) is 134 cm³/mol. The lowest BCUT2D eigenvalue weighted by molar-refractivity contribution is 0.125. The van der Waals surface area contributed by atoms with Gasteiger partial charge in [-0.1, -0.05) is 133 Å². The first-order valence-corrected chi connectivity index (χ1v) is 12.9. The van der Waals surface area contributed by atoms with E-state index in [9.17, 15) is 0 Å². The zero-order valence-corrected chi connectivity index (χ0v) is 18.7. The highest BCUT2D eigenvalue weighted by Gasteiger charge is 2.36. The van der Waals surface area contributed by atoms with Gasteiger partial charge in [-0.05, 0) is 27.5 Å². The van der Waals surface area contributed by atoms with E-state index in [1.54, 1.807) is 0 Å². The molecular formula is C29H28OSi. The van der Waals surface area contributed by atoms with Crippen LogP contribution in [-0.4, -0.2) is 14.7 Å². The van der Waals surface area contributed by atoms with E-state index in [-0.39, 0.29) is 0 Å². The summed E-state index contributed by atoms with van der Waals surface area (Å²) in [5.41, 5.74) is 3.70. The molecule has 0 heterocycles. The third-order valence-electron chi connectivity index (χ3n) is 5.60. The van der Waals surface area contributed by atoms with Crippen molar-refractivity contribution in [2.75, 3.05) is 6.61 Å². The number of ether oxygens (including phenoxy) is 1. The minimum Gasteiger partial charge on any atom is -0.376 e. The zero-order valence-electron chi connectivity index (χ0n) is 17.7. The van der Waals surface area contributed by atoms with Gasteiger partial charge in [-0.15, -0.1) is 0 Å². The lowest BCUT2D eigenvalue weighted by Crippen LogP contribution is -2.66. The van der Waals surface area contributed by atoms with Crippen molar-refractivity contribution >= 4 is 23.6 Å². The molecule has 4 aromatic rings. The van der Waals surface area contributed by atoms with Gasteiger partial charge in [0.05, 0.1) is 13.2 Å². The van der Waals surface area contributed by atoms with Gasteiger partial charge in [0.15, 0.2) is 8.07 Å².